The second-order valence-corrected chi connectivity index (χ2v) is 6.87. The van der Waals surface area contributed by atoms with Gasteiger partial charge in [0.15, 0.2) is 0 Å². The summed E-state index contributed by atoms with van der Waals surface area (Å²) in [7, 11) is -1.88. The van der Waals surface area contributed by atoms with E-state index in [2.05, 4.69) is 9.82 Å². The maximum atomic E-state index is 12.2. The summed E-state index contributed by atoms with van der Waals surface area (Å²) in [4.78, 5) is 0. The minimum Gasteiger partial charge on any atom is -0.392 e. The number of nitrogens with one attached hydrogen (secondary N) is 1. The van der Waals surface area contributed by atoms with Crippen LogP contribution in [0.5, 0.6) is 0 Å². The molecule has 0 atom stereocenters. The second kappa shape index (κ2) is 5.32. The lowest BCUT2D eigenvalue weighted by Gasteiger charge is -2.04. The molecule has 6 nitrogen and oxygen atoms in total. The Bertz CT molecular complexity index is 673. The van der Waals surface area contributed by atoms with Crippen molar-refractivity contribution in [1.29, 1.82) is 0 Å². The van der Waals surface area contributed by atoms with Crippen molar-refractivity contribution in [1.82, 2.24) is 9.78 Å². The molecule has 0 saturated carbocycles. The van der Waals surface area contributed by atoms with Crippen molar-refractivity contribution in [2.45, 2.75) is 24.2 Å². The van der Waals surface area contributed by atoms with Crippen LogP contribution in [-0.2, 0) is 30.1 Å². The summed E-state index contributed by atoms with van der Waals surface area (Å²) in [5, 5.41) is 14.8. The molecule has 104 valence electrons. The maximum Gasteiger partial charge on any atom is 0.271 e. The van der Waals surface area contributed by atoms with Gasteiger partial charge in [-0.1, -0.05) is 6.92 Å². The Morgan fingerprint density at radius 1 is 1.53 bits per heavy atom. The summed E-state index contributed by atoms with van der Waals surface area (Å²) in [5.74, 6) is 0. The molecule has 2 rings (SSSR count). The molecule has 0 spiro atoms. The van der Waals surface area contributed by atoms with E-state index in [0.717, 1.165) is 11.3 Å². The minimum atomic E-state index is -3.62. The molecular formula is C11H15N3O3S2. The average molecular weight is 301 g/mol. The van der Waals surface area contributed by atoms with Crippen LogP contribution >= 0.6 is 11.3 Å². The van der Waals surface area contributed by atoms with Gasteiger partial charge in [-0.3, -0.25) is 9.40 Å². The summed E-state index contributed by atoms with van der Waals surface area (Å²) in [6.45, 7) is 1.74. The first-order valence-electron chi connectivity index (χ1n) is 5.70. The third-order valence-electron chi connectivity index (χ3n) is 2.56. The first-order chi connectivity index (χ1) is 8.96. The lowest BCUT2D eigenvalue weighted by Crippen LogP contribution is -2.12. The molecule has 2 heterocycles. The summed E-state index contributed by atoms with van der Waals surface area (Å²) in [5.41, 5.74) is 1.78. The lowest BCUT2D eigenvalue weighted by molar-refractivity contribution is 0.282. The average Bonchev–Trinajstić information content (AvgIpc) is 2.95. The Hall–Kier alpha value is -1.38. The van der Waals surface area contributed by atoms with E-state index in [0.29, 0.717) is 23.4 Å². The van der Waals surface area contributed by atoms with Crippen LogP contribution in [0.25, 0.3) is 0 Å². The lowest BCUT2D eigenvalue weighted by atomic mass is 10.3. The number of hydrogen-bond acceptors (Lipinski definition) is 5. The van der Waals surface area contributed by atoms with Crippen molar-refractivity contribution in [3.8, 4) is 0 Å². The van der Waals surface area contributed by atoms with E-state index < -0.39 is 10.0 Å². The number of thiophene rings is 1. The molecule has 0 aromatic carbocycles. The minimum absolute atomic E-state index is 0.168. The summed E-state index contributed by atoms with van der Waals surface area (Å²) in [6, 6.07) is 1.47. The molecule has 2 aromatic heterocycles. The number of aryl methyl sites for hydroxylation is 2. The molecule has 0 aliphatic rings. The zero-order chi connectivity index (χ0) is 14.0. The fraction of sp³-hybridized carbons (Fsp3) is 0.364. The molecule has 0 unspecified atom stereocenters. The molecule has 2 N–H and O–H groups in total. The smallest absolute Gasteiger partial charge is 0.271 e. The van der Waals surface area contributed by atoms with E-state index in [1.807, 2.05) is 6.92 Å². The van der Waals surface area contributed by atoms with Crippen LogP contribution in [0.4, 0.5) is 5.69 Å². The quantitative estimate of drug-likeness (QED) is 0.873. The molecule has 0 fully saturated rings. The zero-order valence-electron chi connectivity index (χ0n) is 10.6. The van der Waals surface area contributed by atoms with Gasteiger partial charge in [0.2, 0.25) is 0 Å². The van der Waals surface area contributed by atoms with Gasteiger partial charge < -0.3 is 5.11 Å². The maximum absolute atomic E-state index is 12.2. The fourth-order valence-electron chi connectivity index (χ4n) is 1.65. The highest BCUT2D eigenvalue weighted by Gasteiger charge is 2.19. The van der Waals surface area contributed by atoms with Crippen LogP contribution < -0.4 is 4.72 Å². The molecular weight excluding hydrogens is 286 g/mol. The van der Waals surface area contributed by atoms with Gasteiger partial charge in [-0.25, -0.2) is 8.42 Å². The van der Waals surface area contributed by atoms with Gasteiger partial charge in [-0.05, 0) is 23.4 Å². The van der Waals surface area contributed by atoms with Gasteiger partial charge in [0, 0.05) is 13.2 Å². The van der Waals surface area contributed by atoms with Crippen molar-refractivity contribution in [2.24, 2.45) is 7.05 Å². The predicted octanol–water partition coefficient (Wildman–Crippen LogP) is 1.34. The summed E-state index contributed by atoms with van der Waals surface area (Å²) >= 11 is 1.08. The van der Waals surface area contributed by atoms with Gasteiger partial charge in [0.25, 0.3) is 10.0 Å². The molecule has 19 heavy (non-hydrogen) atoms. The number of sulfonamides is 1. The summed E-state index contributed by atoms with van der Waals surface area (Å²) in [6.07, 6.45) is 2.28. The first-order valence-corrected chi connectivity index (χ1v) is 8.06. The number of nitrogens with zero attached hydrogens (tertiary/aromatic N) is 2. The number of hydrogen-bond donors (Lipinski definition) is 2. The van der Waals surface area contributed by atoms with E-state index in [9.17, 15) is 8.42 Å². The molecule has 0 bridgehead atoms. The molecule has 0 amide bonds. The highest BCUT2D eigenvalue weighted by molar-refractivity contribution is 7.94. The standard InChI is InChI=1S/C11H15N3O3S2/c1-3-9-10(5-14(2)12-9)13-19(16,17)11-4-8(6-15)7-18-11/h4-5,7,13,15H,3,6H2,1-2H3. The number of aromatic nitrogens is 2. The summed E-state index contributed by atoms with van der Waals surface area (Å²) < 4.78 is 28.7. The Labute approximate surface area is 115 Å². The zero-order valence-corrected chi connectivity index (χ0v) is 12.3. The number of anilines is 1. The number of aliphatic hydroxyl groups excluding tert-OH is 1. The first kappa shape index (κ1) is 14.0. The van der Waals surface area contributed by atoms with Crippen molar-refractivity contribution in [2.75, 3.05) is 4.72 Å². The number of aliphatic hydroxyl groups is 1. The van der Waals surface area contributed by atoms with Crippen LogP contribution in [0.3, 0.4) is 0 Å². The normalized spacial score (nSPS) is 11.7. The van der Waals surface area contributed by atoms with E-state index in [1.54, 1.807) is 23.3 Å². The molecule has 2 aromatic rings. The predicted molar refractivity (Wildman–Crippen MR) is 73.6 cm³/mol. The van der Waals surface area contributed by atoms with Crippen molar-refractivity contribution < 1.29 is 13.5 Å². The van der Waals surface area contributed by atoms with Crippen LogP contribution in [0, 0.1) is 0 Å². The SMILES string of the molecule is CCc1nn(C)cc1NS(=O)(=O)c1cc(CO)cs1. The topological polar surface area (TPSA) is 84.2 Å². The molecule has 0 radical (unpaired) electrons. The van der Waals surface area contributed by atoms with Crippen molar-refractivity contribution in [3.63, 3.8) is 0 Å². The Kier molecular flexibility index (Phi) is 3.93. The molecule has 0 saturated heterocycles. The monoisotopic (exact) mass is 301 g/mol. The van der Waals surface area contributed by atoms with Crippen LogP contribution in [0.15, 0.2) is 21.9 Å². The third kappa shape index (κ3) is 2.96. The van der Waals surface area contributed by atoms with Gasteiger partial charge in [0.1, 0.15) is 4.21 Å². The molecule has 0 aliphatic carbocycles. The Morgan fingerprint density at radius 3 is 2.84 bits per heavy atom. The largest absolute Gasteiger partial charge is 0.392 e. The van der Waals surface area contributed by atoms with E-state index in [1.165, 1.54) is 6.07 Å². The van der Waals surface area contributed by atoms with E-state index >= 15 is 0 Å². The molecule has 8 heteroatoms. The Morgan fingerprint density at radius 2 is 2.26 bits per heavy atom. The Balaban J connectivity index is 2.30. The van der Waals surface area contributed by atoms with Crippen molar-refractivity contribution in [3.05, 3.63) is 28.9 Å². The van der Waals surface area contributed by atoms with E-state index in [4.69, 9.17) is 5.11 Å². The molecule has 0 aliphatic heterocycles. The van der Waals surface area contributed by atoms with Gasteiger partial charge in [0.05, 0.1) is 18.0 Å². The number of rotatable bonds is 5. The fourth-order valence-corrected chi connectivity index (χ4v) is 3.93. The van der Waals surface area contributed by atoms with Gasteiger partial charge in [-0.15, -0.1) is 11.3 Å². The third-order valence-corrected chi connectivity index (χ3v) is 5.42. The van der Waals surface area contributed by atoms with Crippen LogP contribution in [0.2, 0.25) is 0 Å². The van der Waals surface area contributed by atoms with Gasteiger partial charge in [-0.2, -0.15) is 5.10 Å². The van der Waals surface area contributed by atoms with Gasteiger partial charge >= 0.3 is 0 Å². The van der Waals surface area contributed by atoms with Crippen LogP contribution in [-0.4, -0.2) is 23.3 Å². The van der Waals surface area contributed by atoms with Crippen LogP contribution in [0.1, 0.15) is 18.2 Å². The van der Waals surface area contributed by atoms with E-state index in [-0.39, 0.29) is 10.8 Å². The highest BCUT2D eigenvalue weighted by atomic mass is 32.2. The second-order valence-electron chi connectivity index (χ2n) is 4.05. The highest BCUT2D eigenvalue weighted by Crippen LogP contribution is 2.24. The van der Waals surface area contributed by atoms with Crippen molar-refractivity contribution >= 4 is 27.0 Å².